The number of amides is 1. The molecule has 142 valence electrons. The van der Waals surface area contributed by atoms with Gasteiger partial charge in [0.25, 0.3) is 11.5 Å². The highest BCUT2D eigenvalue weighted by Gasteiger charge is 2.25. The molecule has 2 aromatic carbocycles. The SMILES string of the molecule is O=C(c1cccc(Cl)c1)N1CCc2nc(Cc3ccccc3F)[nH]c(=O)c2C1. The Morgan fingerprint density at radius 1 is 1.21 bits per heavy atom. The standard InChI is InChI=1S/C21H17ClFN3O2/c22-15-6-3-5-14(10-15)21(28)26-9-8-18-16(12-26)20(27)25-19(24-18)11-13-4-1-2-7-17(13)23/h1-7,10H,8-9,11-12H2,(H,24,25,27). The molecule has 0 unspecified atom stereocenters. The number of carbonyl (C=O) groups excluding carboxylic acids is 1. The maximum atomic E-state index is 13.9. The Morgan fingerprint density at radius 3 is 2.82 bits per heavy atom. The Kier molecular flexibility index (Phi) is 4.96. The summed E-state index contributed by atoms with van der Waals surface area (Å²) in [6, 6.07) is 13.1. The molecule has 5 nitrogen and oxygen atoms in total. The van der Waals surface area contributed by atoms with E-state index < -0.39 is 0 Å². The van der Waals surface area contributed by atoms with Gasteiger partial charge in [0.05, 0.1) is 17.8 Å². The van der Waals surface area contributed by atoms with Crippen LogP contribution in [-0.4, -0.2) is 27.3 Å². The lowest BCUT2D eigenvalue weighted by Gasteiger charge is -2.28. The highest BCUT2D eigenvalue weighted by molar-refractivity contribution is 6.30. The van der Waals surface area contributed by atoms with Gasteiger partial charge in [-0.3, -0.25) is 9.59 Å². The predicted octanol–water partition coefficient (Wildman–Crippen LogP) is 3.35. The van der Waals surface area contributed by atoms with E-state index in [1.165, 1.54) is 6.07 Å². The monoisotopic (exact) mass is 397 g/mol. The van der Waals surface area contributed by atoms with Gasteiger partial charge in [-0.25, -0.2) is 9.37 Å². The molecule has 0 saturated carbocycles. The zero-order valence-electron chi connectivity index (χ0n) is 14.9. The Hall–Kier alpha value is -2.99. The third-order valence-electron chi connectivity index (χ3n) is 4.79. The van der Waals surface area contributed by atoms with E-state index in [-0.39, 0.29) is 30.2 Å². The van der Waals surface area contributed by atoms with Crippen molar-refractivity contribution < 1.29 is 9.18 Å². The predicted molar refractivity (Wildman–Crippen MR) is 104 cm³/mol. The summed E-state index contributed by atoms with van der Waals surface area (Å²) in [5.74, 6) is -0.0902. The van der Waals surface area contributed by atoms with Crippen LogP contribution in [0.3, 0.4) is 0 Å². The van der Waals surface area contributed by atoms with Crippen LogP contribution in [0.15, 0.2) is 53.3 Å². The van der Waals surface area contributed by atoms with Crippen LogP contribution in [0.5, 0.6) is 0 Å². The molecular formula is C21H17ClFN3O2. The van der Waals surface area contributed by atoms with Gasteiger partial charge in [-0.2, -0.15) is 0 Å². The number of fused-ring (bicyclic) bond motifs is 1. The minimum Gasteiger partial charge on any atom is -0.334 e. The minimum atomic E-state index is -0.332. The Labute approximate surface area is 165 Å². The molecule has 0 aliphatic carbocycles. The number of nitrogens with zero attached hydrogens (tertiary/aromatic N) is 2. The summed E-state index contributed by atoms with van der Waals surface area (Å²) < 4.78 is 13.9. The van der Waals surface area contributed by atoms with E-state index in [0.29, 0.717) is 46.2 Å². The van der Waals surface area contributed by atoms with Crippen LogP contribution in [0, 0.1) is 5.82 Å². The van der Waals surface area contributed by atoms with E-state index in [1.807, 2.05) is 0 Å². The molecule has 28 heavy (non-hydrogen) atoms. The molecule has 4 rings (SSSR count). The molecule has 0 spiro atoms. The number of rotatable bonds is 3. The molecule has 0 atom stereocenters. The van der Waals surface area contributed by atoms with Crippen molar-refractivity contribution in [1.82, 2.24) is 14.9 Å². The summed E-state index contributed by atoms with van der Waals surface area (Å²) in [4.78, 5) is 34.1. The zero-order chi connectivity index (χ0) is 19.7. The van der Waals surface area contributed by atoms with Crippen molar-refractivity contribution in [2.24, 2.45) is 0 Å². The second-order valence-electron chi connectivity index (χ2n) is 6.69. The van der Waals surface area contributed by atoms with Gasteiger partial charge in [0.2, 0.25) is 0 Å². The Bertz CT molecular complexity index is 1110. The smallest absolute Gasteiger partial charge is 0.256 e. The first kappa shape index (κ1) is 18.4. The van der Waals surface area contributed by atoms with Gasteiger partial charge < -0.3 is 9.88 Å². The molecule has 0 bridgehead atoms. The van der Waals surface area contributed by atoms with E-state index in [9.17, 15) is 14.0 Å². The molecule has 2 heterocycles. The summed E-state index contributed by atoms with van der Waals surface area (Å²) in [6.07, 6.45) is 0.677. The van der Waals surface area contributed by atoms with Gasteiger partial charge in [0.1, 0.15) is 11.6 Å². The lowest BCUT2D eigenvalue weighted by Crippen LogP contribution is -2.39. The third-order valence-corrected chi connectivity index (χ3v) is 5.03. The van der Waals surface area contributed by atoms with Gasteiger partial charge >= 0.3 is 0 Å². The molecule has 1 aliphatic rings. The van der Waals surface area contributed by atoms with Gasteiger partial charge in [0.15, 0.2) is 0 Å². The van der Waals surface area contributed by atoms with Crippen molar-refractivity contribution in [3.05, 3.63) is 97.9 Å². The number of hydrogen-bond acceptors (Lipinski definition) is 3. The molecule has 1 N–H and O–H groups in total. The number of aromatic nitrogens is 2. The normalized spacial score (nSPS) is 13.3. The highest BCUT2D eigenvalue weighted by atomic mass is 35.5. The van der Waals surface area contributed by atoms with Crippen molar-refractivity contribution in [1.29, 1.82) is 0 Å². The Balaban J connectivity index is 1.57. The molecule has 1 aromatic heterocycles. The lowest BCUT2D eigenvalue weighted by atomic mass is 10.0. The molecule has 1 aliphatic heterocycles. The minimum absolute atomic E-state index is 0.178. The van der Waals surface area contributed by atoms with E-state index in [1.54, 1.807) is 47.4 Å². The topological polar surface area (TPSA) is 66.1 Å². The number of nitrogens with one attached hydrogen (secondary N) is 1. The molecule has 3 aromatic rings. The molecule has 0 fully saturated rings. The number of H-pyrrole nitrogens is 1. The first-order chi connectivity index (χ1) is 13.5. The van der Waals surface area contributed by atoms with Gasteiger partial charge in [-0.1, -0.05) is 35.9 Å². The zero-order valence-corrected chi connectivity index (χ0v) is 15.7. The van der Waals surface area contributed by atoms with Crippen molar-refractivity contribution in [2.45, 2.75) is 19.4 Å². The van der Waals surface area contributed by atoms with Crippen molar-refractivity contribution in [3.63, 3.8) is 0 Å². The van der Waals surface area contributed by atoms with E-state index in [2.05, 4.69) is 9.97 Å². The summed E-state index contributed by atoms with van der Waals surface area (Å²) in [5.41, 5.74) is 1.79. The van der Waals surface area contributed by atoms with Crippen molar-refractivity contribution in [2.75, 3.05) is 6.54 Å². The first-order valence-corrected chi connectivity index (χ1v) is 9.28. The maximum absolute atomic E-state index is 13.9. The van der Waals surface area contributed by atoms with Gasteiger partial charge in [-0.05, 0) is 29.8 Å². The van der Waals surface area contributed by atoms with Crippen molar-refractivity contribution in [3.8, 4) is 0 Å². The molecule has 7 heteroatoms. The second kappa shape index (κ2) is 7.56. The quantitative estimate of drug-likeness (QED) is 0.737. The summed E-state index contributed by atoms with van der Waals surface area (Å²) in [6.45, 7) is 0.636. The fourth-order valence-corrected chi connectivity index (χ4v) is 3.55. The number of aromatic amines is 1. The van der Waals surface area contributed by atoms with Crippen LogP contribution in [0.2, 0.25) is 5.02 Å². The third kappa shape index (κ3) is 3.68. The number of hydrogen-bond donors (Lipinski definition) is 1. The summed E-state index contributed by atoms with van der Waals surface area (Å²) in [7, 11) is 0. The first-order valence-electron chi connectivity index (χ1n) is 8.90. The fourth-order valence-electron chi connectivity index (χ4n) is 3.36. The summed E-state index contributed by atoms with van der Waals surface area (Å²) in [5, 5.41) is 0.487. The van der Waals surface area contributed by atoms with Gasteiger partial charge in [0, 0.05) is 30.0 Å². The van der Waals surface area contributed by atoms with E-state index >= 15 is 0 Å². The van der Waals surface area contributed by atoms with Crippen LogP contribution >= 0.6 is 11.6 Å². The van der Waals surface area contributed by atoms with Crippen LogP contribution in [0.1, 0.15) is 33.0 Å². The number of carbonyl (C=O) groups is 1. The molecule has 0 radical (unpaired) electrons. The molecular weight excluding hydrogens is 381 g/mol. The van der Waals surface area contributed by atoms with E-state index in [4.69, 9.17) is 11.6 Å². The Morgan fingerprint density at radius 2 is 2.04 bits per heavy atom. The highest BCUT2D eigenvalue weighted by Crippen LogP contribution is 2.19. The largest absolute Gasteiger partial charge is 0.334 e. The second-order valence-corrected chi connectivity index (χ2v) is 7.13. The van der Waals surface area contributed by atoms with Crippen LogP contribution < -0.4 is 5.56 Å². The summed E-state index contributed by atoms with van der Waals surface area (Å²) >= 11 is 5.97. The average molecular weight is 398 g/mol. The van der Waals surface area contributed by atoms with Crippen molar-refractivity contribution >= 4 is 17.5 Å². The maximum Gasteiger partial charge on any atom is 0.256 e. The van der Waals surface area contributed by atoms with E-state index in [0.717, 1.165) is 0 Å². The van der Waals surface area contributed by atoms with Crippen LogP contribution in [0.4, 0.5) is 4.39 Å². The lowest BCUT2D eigenvalue weighted by molar-refractivity contribution is 0.0732. The average Bonchev–Trinajstić information content (AvgIpc) is 2.69. The number of benzene rings is 2. The molecule has 1 amide bonds. The number of halogens is 2. The molecule has 0 saturated heterocycles. The fraction of sp³-hybridized carbons (Fsp3) is 0.190. The van der Waals surface area contributed by atoms with Crippen LogP contribution in [-0.2, 0) is 19.4 Å². The van der Waals surface area contributed by atoms with Gasteiger partial charge in [-0.15, -0.1) is 0 Å². The van der Waals surface area contributed by atoms with Crippen LogP contribution in [0.25, 0.3) is 0 Å².